The van der Waals surface area contributed by atoms with Gasteiger partial charge < -0.3 is 14.6 Å². The molecule has 2 aromatic rings. The van der Waals surface area contributed by atoms with Crippen molar-refractivity contribution in [3.63, 3.8) is 0 Å². The van der Waals surface area contributed by atoms with E-state index in [-0.39, 0.29) is 6.42 Å². The summed E-state index contributed by atoms with van der Waals surface area (Å²) in [7, 11) is 0. The Morgan fingerprint density at radius 3 is 2.65 bits per heavy atom. The molecule has 2 aromatic carbocycles. The van der Waals surface area contributed by atoms with E-state index in [1.807, 2.05) is 38.1 Å². The minimum absolute atomic E-state index is 0.215. The highest BCUT2D eigenvalue weighted by Crippen LogP contribution is 2.24. The van der Waals surface area contributed by atoms with Crippen LogP contribution in [0.2, 0.25) is 5.02 Å². The number of carbonyl (C=O) groups is 1. The smallest absolute Gasteiger partial charge is 0.345 e. The van der Waals surface area contributed by atoms with Gasteiger partial charge in [0.25, 0.3) is 0 Å². The lowest BCUT2D eigenvalue weighted by Gasteiger charge is -2.17. The van der Waals surface area contributed by atoms with E-state index in [2.05, 4.69) is 0 Å². The molecule has 0 amide bonds. The Hall–Kier alpha value is -2.20. The van der Waals surface area contributed by atoms with Crippen LogP contribution < -0.4 is 9.47 Å². The zero-order valence-electron chi connectivity index (χ0n) is 13.1. The van der Waals surface area contributed by atoms with E-state index in [1.165, 1.54) is 0 Å². The Balaban J connectivity index is 2.19. The molecule has 0 aliphatic rings. The third kappa shape index (κ3) is 4.63. The number of para-hydroxylation sites is 1. The lowest BCUT2D eigenvalue weighted by molar-refractivity contribution is -0.145. The van der Waals surface area contributed by atoms with E-state index in [0.717, 1.165) is 11.1 Å². The number of hydrogen-bond donors (Lipinski definition) is 1. The molecule has 4 nitrogen and oxygen atoms in total. The minimum atomic E-state index is -1.02. The highest BCUT2D eigenvalue weighted by atomic mass is 35.5. The fourth-order valence-electron chi connectivity index (χ4n) is 2.20. The number of benzene rings is 2. The summed E-state index contributed by atoms with van der Waals surface area (Å²) < 4.78 is 11.2. The number of hydrogen-bond acceptors (Lipinski definition) is 3. The molecule has 0 fully saturated rings. The topological polar surface area (TPSA) is 55.8 Å². The van der Waals surface area contributed by atoms with Crippen LogP contribution in [0.3, 0.4) is 0 Å². The van der Waals surface area contributed by atoms with Crippen LogP contribution in [0.15, 0.2) is 42.5 Å². The summed E-state index contributed by atoms with van der Waals surface area (Å²) >= 11 is 5.98. The second kappa shape index (κ2) is 7.88. The van der Waals surface area contributed by atoms with Crippen LogP contribution in [0.1, 0.15) is 18.1 Å². The number of carboxylic acids is 1. The van der Waals surface area contributed by atoms with Crippen molar-refractivity contribution in [1.82, 2.24) is 0 Å². The summed E-state index contributed by atoms with van der Waals surface area (Å²) in [5.41, 5.74) is 1.63. The van der Waals surface area contributed by atoms with Gasteiger partial charge in [0.2, 0.25) is 0 Å². The lowest BCUT2D eigenvalue weighted by Crippen LogP contribution is -2.29. The van der Waals surface area contributed by atoms with Gasteiger partial charge in [-0.15, -0.1) is 0 Å². The Bertz CT molecular complexity index is 684. The van der Waals surface area contributed by atoms with E-state index in [1.54, 1.807) is 18.2 Å². The third-order valence-electron chi connectivity index (χ3n) is 3.36. The first kappa shape index (κ1) is 17.2. The minimum Gasteiger partial charge on any atom is -0.494 e. The lowest BCUT2D eigenvalue weighted by atomic mass is 10.1. The average molecular weight is 335 g/mol. The number of rotatable bonds is 7. The molecule has 0 spiro atoms. The molecule has 0 aliphatic carbocycles. The van der Waals surface area contributed by atoms with Crippen LogP contribution >= 0.6 is 11.6 Å². The first-order valence-corrected chi connectivity index (χ1v) is 7.75. The first-order chi connectivity index (χ1) is 11.0. The van der Waals surface area contributed by atoms with Gasteiger partial charge in [0.05, 0.1) is 6.61 Å². The van der Waals surface area contributed by atoms with Crippen molar-refractivity contribution in [1.29, 1.82) is 0 Å². The summed E-state index contributed by atoms with van der Waals surface area (Å²) in [6.07, 6.45) is -0.787. The molecule has 0 aromatic heterocycles. The molecule has 0 unspecified atom stereocenters. The van der Waals surface area contributed by atoms with Gasteiger partial charge in [-0.1, -0.05) is 29.8 Å². The predicted molar refractivity (Wildman–Crippen MR) is 89.6 cm³/mol. The number of carboxylic acid groups (broad SMARTS) is 1. The summed E-state index contributed by atoms with van der Waals surface area (Å²) in [4.78, 5) is 11.5. The average Bonchev–Trinajstić information content (AvgIpc) is 2.52. The van der Waals surface area contributed by atoms with Gasteiger partial charge in [0.15, 0.2) is 6.10 Å². The van der Waals surface area contributed by atoms with Crippen molar-refractivity contribution in [3.05, 3.63) is 58.6 Å². The second-order valence-electron chi connectivity index (χ2n) is 5.10. The van der Waals surface area contributed by atoms with Gasteiger partial charge in [0, 0.05) is 11.4 Å². The van der Waals surface area contributed by atoms with Crippen molar-refractivity contribution in [2.45, 2.75) is 26.4 Å². The zero-order chi connectivity index (χ0) is 16.8. The Labute approximate surface area is 140 Å². The van der Waals surface area contributed by atoms with Gasteiger partial charge in [-0.05, 0) is 49.2 Å². The SMILES string of the molecule is CCOc1ccccc1C[C@@H](Oc1ccc(Cl)c(C)c1)C(=O)O. The van der Waals surface area contributed by atoms with E-state index < -0.39 is 12.1 Å². The maximum absolute atomic E-state index is 11.5. The maximum atomic E-state index is 11.5. The zero-order valence-corrected chi connectivity index (χ0v) is 13.8. The predicted octanol–water partition coefficient (Wildman–Crippen LogP) is 4.12. The Morgan fingerprint density at radius 2 is 2.00 bits per heavy atom. The van der Waals surface area contributed by atoms with E-state index in [9.17, 15) is 9.90 Å². The summed E-state index contributed by atoms with van der Waals surface area (Å²) in [5.74, 6) is 0.134. The Morgan fingerprint density at radius 1 is 1.26 bits per heavy atom. The van der Waals surface area contributed by atoms with Gasteiger partial charge >= 0.3 is 5.97 Å². The highest BCUT2D eigenvalue weighted by molar-refractivity contribution is 6.31. The van der Waals surface area contributed by atoms with Gasteiger partial charge in [-0.2, -0.15) is 0 Å². The van der Waals surface area contributed by atoms with Crippen molar-refractivity contribution in [2.24, 2.45) is 0 Å². The molecule has 0 aliphatic heterocycles. The molecule has 122 valence electrons. The van der Waals surface area contributed by atoms with Crippen molar-refractivity contribution < 1.29 is 19.4 Å². The van der Waals surface area contributed by atoms with E-state index in [0.29, 0.717) is 23.1 Å². The van der Waals surface area contributed by atoms with Crippen LogP contribution in [0.5, 0.6) is 11.5 Å². The van der Waals surface area contributed by atoms with E-state index >= 15 is 0 Å². The normalized spacial score (nSPS) is 11.8. The molecule has 0 heterocycles. The highest BCUT2D eigenvalue weighted by Gasteiger charge is 2.22. The van der Waals surface area contributed by atoms with Crippen LogP contribution in [0, 0.1) is 6.92 Å². The number of aliphatic carboxylic acids is 1. The largest absolute Gasteiger partial charge is 0.494 e. The third-order valence-corrected chi connectivity index (χ3v) is 3.79. The molecule has 0 bridgehead atoms. The van der Waals surface area contributed by atoms with Crippen LogP contribution in [0.25, 0.3) is 0 Å². The molecule has 5 heteroatoms. The molecule has 0 saturated carbocycles. The molecule has 23 heavy (non-hydrogen) atoms. The molecule has 2 rings (SSSR count). The number of aryl methyl sites for hydroxylation is 1. The first-order valence-electron chi connectivity index (χ1n) is 7.37. The molecular weight excluding hydrogens is 316 g/mol. The summed E-state index contributed by atoms with van der Waals surface area (Å²) in [6.45, 7) is 4.25. The van der Waals surface area contributed by atoms with Gasteiger partial charge in [0.1, 0.15) is 11.5 Å². The molecule has 1 atom stereocenters. The quantitative estimate of drug-likeness (QED) is 0.827. The van der Waals surface area contributed by atoms with Gasteiger partial charge in [-0.25, -0.2) is 4.79 Å². The van der Waals surface area contributed by atoms with Crippen LogP contribution in [-0.2, 0) is 11.2 Å². The molecule has 1 N–H and O–H groups in total. The fourth-order valence-corrected chi connectivity index (χ4v) is 2.32. The maximum Gasteiger partial charge on any atom is 0.345 e. The summed E-state index contributed by atoms with van der Waals surface area (Å²) in [6, 6.07) is 12.5. The molecule has 0 saturated heterocycles. The number of halogens is 1. The summed E-state index contributed by atoms with van der Waals surface area (Å²) in [5, 5.41) is 10.1. The van der Waals surface area contributed by atoms with Crippen LogP contribution in [0.4, 0.5) is 0 Å². The Kier molecular flexibility index (Phi) is 5.88. The van der Waals surface area contributed by atoms with Gasteiger partial charge in [-0.3, -0.25) is 0 Å². The van der Waals surface area contributed by atoms with E-state index in [4.69, 9.17) is 21.1 Å². The fraction of sp³-hybridized carbons (Fsp3) is 0.278. The molecule has 0 radical (unpaired) electrons. The molecular formula is C18H19ClO4. The standard InChI is InChI=1S/C18H19ClO4/c1-3-22-16-7-5-4-6-13(16)11-17(18(20)21)23-14-8-9-15(19)12(2)10-14/h4-10,17H,3,11H2,1-2H3,(H,20,21)/t17-/m1/s1. The second-order valence-corrected chi connectivity index (χ2v) is 5.51. The van der Waals surface area contributed by atoms with Crippen molar-refractivity contribution in [3.8, 4) is 11.5 Å². The van der Waals surface area contributed by atoms with Crippen molar-refractivity contribution in [2.75, 3.05) is 6.61 Å². The van der Waals surface area contributed by atoms with Crippen LogP contribution in [-0.4, -0.2) is 23.8 Å². The monoisotopic (exact) mass is 334 g/mol. The van der Waals surface area contributed by atoms with Crippen molar-refractivity contribution >= 4 is 17.6 Å². The number of ether oxygens (including phenoxy) is 2.